The average molecular weight is 275 g/mol. The highest BCUT2D eigenvalue weighted by molar-refractivity contribution is 5.48. The Morgan fingerprint density at radius 1 is 1.20 bits per heavy atom. The van der Waals surface area contributed by atoms with Crippen LogP contribution >= 0.6 is 0 Å². The molecule has 0 radical (unpaired) electrons. The van der Waals surface area contributed by atoms with Gasteiger partial charge in [0.15, 0.2) is 11.6 Å². The van der Waals surface area contributed by atoms with Crippen molar-refractivity contribution in [3.05, 3.63) is 53.3 Å². The number of anilines is 1. The first-order chi connectivity index (χ1) is 9.60. The molecule has 0 aliphatic rings. The molecule has 0 saturated heterocycles. The summed E-state index contributed by atoms with van der Waals surface area (Å²) in [4.78, 5) is 0. The largest absolute Gasteiger partial charge is 0.508 e. The molecular formula is C16H18FNO2. The van der Waals surface area contributed by atoms with Crippen LogP contribution in [0, 0.1) is 12.7 Å². The van der Waals surface area contributed by atoms with Crippen LogP contribution in [0.15, 0.2) is 36.4 Å². The number of aryl methyl sites for hydroxylation is 1. The van der Waals surface area contributed by atoms with Crippen LogP contribution in [-0.4, -0.2) is 11.7 Å². The third-order valence-electron chi connectivity index (χ3n) is 2.95. The Hall–Kier alpha value is -2.23. The quantitative estimate of drug-likeness (QED) is 0.871. The zero-order chi connectivity index (χ0) is 14.5. The molecule has 3 nitrogen and oxygen atoms in total. The van der Waals surface area contributed by atoms with Gasteiger partial charge in [0.1, 0.15) is 5.75 Å². The molecule has 20 heavy (non-hydrogen) atoms. The number of phenolic OH excluding ortho intramolecular Hbond substituents is 1. The number of aromatic hydroxyl groups is 1. The molecule has 0 unspecified atom stereocenters. The number of hydrogen-bond donors (Lipinski definition) is 2. The minimum atomic E-state index is -0.398. The molecule has 106 valence electrons. The van der Waals surface area contributed by atoms with Gasteiger partial charge in [0.05, 0.1) is 6.61 Å². The summed E-state index contributed by atoms with van der Waals surface area (Å²) >= 11 is 0. The summed E-state index contributed by atoms with van der Waals surface area (Å²) in [6, 6.07) is 10.1. The number of rotatable bonds is 5. The number of phenols is 1. The predicted molar refractivity (Wildman–Crippen MR) is 77.7 cm³/mol. The van der Waals surface area contributed by atoms with Crippen LogP contribution in [0.25, 0.3) is 0 Å². The van der Waals surface area contributed by atoms with Gasteiger partial charge >= 0.3 is 0 Å². The van der Waals surface area contributed by atoms with Gasteiger partial charge in [-0.1, -0.05) is 17.7 Å². The van der Waals surface area contributed by atoms with E-state index in [4.69, 9.17) is 4.74 Å². The highest BCUT2D eigenvalue weighted by Crippen LogP contribution is 2.23. The summed E-state index contributed by atoms with van der Waals surface area (Å²) in [6.07, 6.45) is 0. The van der Waals surface area contributed by atoms with Crippen LogP contribution in [0.4, 0.5) is 10.1 Å². The van der Waals surface area contributed by atoms with E-state index in [9.17, 15) is 9.50 Å². The maximum absolute atomic E-state index is 13.7. The smallest absolute Gasteiger partial charge is 0.167 e. The molecule has 2 rings (SSSR count). The maximum Gasteiger partial charge on any atom is 0.167 e. The lowest BCUT2D eigenvalue weighted by Gasteiger charge is -2.10. The van der Waals surface area contributed by atoms with Crippen LogP contribution in [0.3, 0.4) is 0 Å². The van der Waals surface area contributed by atoms with E-state index in [0.717, 1.165) is 11.1 Å². The number of ether oxygens (including phenoxy) is 1. The first-order valence-electron chi connectivity index (χ1n) is 6.55. The van der Waals surface area contributed by atoms with Crippen molar-refractivity contribution in [2.75, 3.05) is 11.9 Å². The fourth-order valence-corrected chi connectivity index (χ4v) is 1.94. The molecule has 0 aliphatic heterocycles. The van der Waals surface area contributed by atoms with Gasteiger partial charge in [-0.15, -0.1) is 0 Å². The molecule has 0 bridgehead atoms. The Morgan fingerprint density at radius 2 is 2.00 bits per heavy atom. The Kier molecular flexibility index (Phi) is 4.45. The fraction of sp³-hybridized carbons (Fsp3) is 0.250. The zero-order valence-electron chi connectivity index (χ0n) is 11.6. The van der Waals surface area contributed by atoms with Crippen LogP contribution in [0.1, 0.15) is 18.1 Å². The molecule has 0 aromatic heterocycles. The molecule has 4 heteroatoms. The monoisotopic (exact) mass is 275 g/mol. The van der Waals surface area contributed by atoms with Gasteiger partial charge in [-0.25, -0.2) is 4.39 Å². The van der Waals surface area contributed by atoms with Crippen LogP contribution in [0.2, 0.25) is 0 Å². The summed E-state index contributed by atoms with van der Waals surface area (Å²) in [5.41, 5.74) is 2.49. The van der Waals surface area contributed by atoms with E-state index in [1.165, 1.54) is 6.07 Å². The lowest BCUT2D eigenvalue weighted by atomic mass is 10.1. The SMILES string of the molecule is CCOc1ccc(NCc2cc(C)ccc2O)cc1F. The van der Waals surface area contributed by atoms with Crippen molar-refractivity contribution in [3.8, 4) is 11.5 Å². The van der Waals surface area contributed by atoms with Crippen LogP contribution < -0.4 is 10.1 Å². The van der Waals surface area contributed by atoms with E-state index in [-0.39, 0.29) is 11.5 Å². The minimum Gasteiger partial charge on any atom is -0.508 e. The Labute approximate surface area is 118 Å². The highest BCUT2D eigenvalue weighted by Gasteiger charge is 2.05. The fourth-order valence-electron chi connectivity index (χ4n) is 1.94. The van der Waals surface area contributed by atoms with Crippen molar-refractivity contribution in [1.29, 1.82) is 0 Å². The summed E-state index contributed by atoms with van der Waals surface area (Å²) < 4.78 is 18.8. The van der Waals surface area contributed by atoms with Crippen molar-refractivity contribution in [2.45, 2.75) is 20.4 Å². The number of halogens is 1. The van der Waals surface area contributed by atoms with Gasteiger partial charge in [0, 0.05) is 23.9 Å². The van der Waals surface area contributed by atoms with Crippen molar-refractivity contribution < 1.29 is 14.2 Å². The van der Waals surface area contributed by atoms with E-state index in [2.05, 4.69) is 5.32 Å². The third kappa shape index (κ3) is 3.41. The standard InChI is InChI=1S/C16H18FNO2/c1-3-20-16-7-5-13(9-14(16)17)18-10-12-8-11(2)4-6-15(12)19/h4-9,18-19H,3,10H2,1-2H3. The summed E-state index contributed by atoms with van der Waals surface area (Å²) in [6.45, 7) is 4.63. The summed E-state index contributed by atoms with van der Waals surface area (Å²) in [5.74, 6) is 0.0799. The molecule has 2 aromatic rings. The van der Waals surface area contributed by atoms with Crippen molar-refractivity contribution in [3.63, 3.8) is 0 Å². The van der Waals surface area contributed by atoms with Crippen LogP contribution in [-0.2, 0) is 6.54 Å². The number of hydrogen-bond acceptors (Lipinski definition) is 3. The van der Waals surface area contributed by atoms with Gasteiger partial charge in [0.2, 0.25) is 0 Å². The van der Waals surface area contributed by atoms with E-state index in [1.54, 1.807) is 18.2 Å². The molecular weight excluding hydrogens is 257 g/mol. The lowest BCUT2D eigenvalue weighted by molar-refractivity contribution is 0.321. The number of benzene rings is 2. The summed E-state index contributed by atoms with van der Waals surface area (Å²) in [7, 11) is 0. The Bertz CT molecular complexity index is 599. The second kappa shape index (κ2) is 6.28. The molecule has 0 atom stereocenters. The van der Waals surface area contributed by atoms with Gasteiger partial charge in [-0.3, -0.25) is 0 Å². The van der Waals surface area contributed by atoms with Gasteiger partial charge < -0.3 is 15.2 Å². The van der Waals surface area contributed by atoms with Crippen molar-refractivity contribution in [1.82, 2.24) is 0 Å². The predicted octanol–water partition coefficient (Wildman–Crippen LogP) is 3.85. The van der Waals surface area contributed by atoms with E-state index >= 15 is 0 Å². The maximum atomic E-state index is 13.7. The van der Waals surface area contributed by atoms with Crippen molar-refractivity contribution in [2.24, 2.45) is 0 Å². The molecule has 0 amide bonds. The average Bonchev–Trinajstić information content (AvgIpc) is 2.43. The summed E-state index contributed by atoms with van der Waals surface area (Å²) in [5, 5.41) is 12.8. The minimum absolute atomic E-state index is 0.231. The zero-order valence-corrected chi connectivity index (χ0v) is 11.6. The first-order valence-corrected chi connectivity index (χ1v) is 6.55. The van der Waals surface area contributed by atoms with Gasteiger partial charge in [0.25, 0.3) is 0 Å². The van der Waals surface area contributed by atoms with Gasteiger partial charge in [-0.05, 0) is 32.0 Å². The van der Waals surface area contributed by atoms with E-state index in [1.807, 2.05) is 26.0 Å². The molecule has 0 saturated carbocycles. The molecule has 0 fully saturated rings. The molecule has 0 heterocycles. The second-order valence-corrected chi connectivity index (χ2v) is 4.56. The van der Waals surface area contributed by atoms with Crippen LogP contribution in [0.5, 0.6) is 11.5 Å². The molecule has 2 N–H and O–H groups in total. The molecule has 0 aliphatic carbocycles. The topological polar surface area (TPSA) is 41.5 Å². The van der Waals surface area contributed by atoms with E-state index < -0.39 is 5.82 Å². The molecule has 2 aromatic carbocycles. The second-order valence-electron chi connectivity index (χ2n) is 4.56. The first kappa shape index (κ1) is 14.2. The normalized spacial score (nSPS) is 10.3. The molecule has 0 spiro atoms. The number of nitrogens with one attached hydrogen (secondary N) is 1. The third-order valence-corrected chi connectivity index (χ3v) is 2.95. The highest BCUT2D eigenvalue weighted by atomic mass is 19.1. The lowest BCUT2D eigenvalue weighted by Crippen LogP contribution is -2.01. The Morgan fingerprint density at radius 3 is 2.70 bits per heavy atom. The Balaban J connectivity index is 2.07. The van der Waals surface area contributed by atoms with Crippen molar-refractivity contribution >= 4 is 5.69 Å². The van der Waals surface area contributed by atoms with Gasteiger partial charge in [-0.2, -0.15) is 0 Å². The van der Waals surface area contributed by atoms with E-state index in [0.29, 0.717) is 18.8 Å².